The molecule has 1 aromatic carbocycles. The van der Waals surface area contributed by atoms with Crippen LogP contribution in [0, 0.1) is 5.92 Å². The third-order valence-corrected chi connectivity index (χ3v) is 5.99. The summed E-state index contributed by atoms with van der Waals surface area (Å²) in [4.78, 5) is 20.0. The fraction of sp³-hybridized carbons (Fsp3) is 0.444. The maximum atomic E-state index is 12.9. The Morgan fingerprint density at radius 2 is 2.24 bits per heavy atom. The zero-order chi connectivity index (χ0) is 17.4. The Labute approximate surface area is 150 Å². The van der Waals surface area contributed by atoms with Gasteiger partial charge in [-0.1, -0.05) is 6.92 Å². The molecule has 0 bridgehead atoms. The molecule has 6 nitrogen and oxygen atoms in total. The van der Waals surface area contributed by atoms with Crippen LogP contribution in [0.4, 0.5) is 0 Å². The minimum Gasteiger partial charge on any atom is -0.454 e. The first-order valence-electron chi connectivity index (χ1n) is 8.54. The zero-order valence-electron chi connectivity index (χ0n) is 14.1. The Hall–Kier alpha value is -2.12. The van der Waals surface area contributed by atoms with E-state index in [1.165, 1.54) is 11.3 Å². The summed E-state index contributed by atoms with van der Waals surface area (Å²) in [5.74, 6) is 1.92. The number of hydrogen-bond donors (Lipinski definition) is 1. The summed E-state index contributed by atoms with van der Waals surface area (Å²) in [5.41, 5.74) is 6.84. The van der Waals surface area contributed by atoms with Crippen LogP contribution in [-0.4, -0.2) is 41.7 Å². The summed E-state index contributed by atoms with van der Waals surface area (Å²) in [5, 5.41) is 0.802. The molecule has 7 heteroatoms. The lowest BCUT2D eigenvalue weighted by Crippen LogP contribution is -2.51. The minimum atomic E-state index is 0.0338. The van der Waals surface area contributed by atoms with Gasteiger partial charge in [-0.15, -0.1) is 11.3 Å². The topological polar surface area (TPSA) is 77.7 Å². The first-order chi connectivity index (χ1) is 12.2. The molecule has 2 N–H and O–H groups in total. The predicted octanol–water partition coefficient (Wildman–Crippen LogP) is 2.74. The van der Waals surface area contributed by atoms with E-state index in [0.717, 1.165) is 35.7 Å². The molecular weight excluding hydrogens is 338 g/mol. The lowest BCUT2D eigenvalue weighted by Gasteiger charge is -2.39. The molecule has 3 heterocycles. The number of carbonyl (C=O) groups is 1. The normalized spacial score (nSPS) is 22.2. The van der Waals surface area contributed by atoms with Gasteiger partial charge in [0.1, 0.15) is 9.88 Å². The maximum Gasteiger partial charge on any atom is 0.265 e. The quantitative estimate of drug-likeness (QED) is 0.912. The smallest absolute Gasteiger partial charge is 0.265 e. The predicted molar refractivity (Wildman–Crippen MR) is 95.9 cm³/mol. The largest absolute Gasteiger partial charge is 0.454 e. The summed E-state index contributed by atoms with van der Waals surface area (Å²) in [6, 6.07) is 5.82. The summed E-state index contributed by atoms with van der Waals surface area (Å²) < 4.78 is 10.8. The van der Waals surface area contributed by atoms with Gasteiger partial charge in [-0.05, 0) is 37.0 Å². The second-order valence-corrected chi connectivity index (χ2v) is 7.55. The van der Waals surface area contributed by atoms with E-state index in [-0.39, 0.29) is 18.7 Å². The number of hydrogen-bond acceptors (Lipinski definition) is 6. The van der Waals surface area contributed by atoms with Gasteiger partial charge in [-0.3, -0.25) is 4.79 Å². The maximum absolute atomic E-state index is 12.9. The van der Waals surface area contributed by atoms with Crippen LogP contribution in [-0.2, 0) is 0 Å². The van der Waals surface area contributed by atoms with Crippen molar-refractivity contribution < 1.29 is 14.3 Å². The number of amides is 1. The molecule has 2 atom stereocenters. The molecule has 2 aromatic rings. The zero-order valence-corrected chi connectivity index (χ0v) is 14.9. The molecule has 1 saturated heterocycles. The van der Waals surface area contributed by atoms with E-state index in [2.05, 4.69) is 11.9 Å². The Morgan fingerprint density at radius 3 is 3.08 bits per heavy atom. The molecule has 1 amide bonds. The third-order valence-electron chi connectivity index (χ3n) is 4.95. The highest BCUT2D eigenvalue weighted by atomic mass is 32.1. The molecule has 1 fully saturated rings. The van der Waals surface area contributed by atoms with Gasteiger partial charge < -0.3 is 20.1 Å². The van der Waals surface area contributed by atoms with E-state index >= 15 is 0 Å². The fourth-order valence-electron chi connectivity index (χ4n) is 3.54. The van der Waals surface area contributed by atoms with Gasteiger partial charge in [0, 0.05) is 24.7 Å². The third kappa shape index (κ3) is 2.98. The molecule has 0 saturated carbocycles. The Bertz CT molecular complexity index is 792. The molecule has 0 spiro atoms. The Kier molecular flexibility index (Phi) is 4.35. The van der Waals surface area contributed by atoms with Crippen LogP contribution >= 0.6 is 11.3 Å². The van der Waals surface area contributed by atoms with Crippen LogP contribution in [0.25, 0.3) is 10.6 Å². The molecular formula is C18H21N3O3S. The fourth-order valence-corrected chi connectivity index (χ4v) is 4.41. The minimum absolute atomic E-state index is 0.0338. The molecule has 2 aliphatic rings. The molecule has 25 heavy (non-hydrogen) atoms. The van der Waals surface area contributed by atoms with E-state index in [4.69, 9.17) is 15.2 Å². The number of benzene rings is 1. The first-order valence-corrected chi connectivity index (χ1v) is 9.36. The molecule has 1 aromatic heterocycles. The molecule has 4 rings (SSSR count). The number of piperidine rings is 1. The standard InChI is InChI=1S/C18H21N3O3S/c1-11-3-2-6-21(13(11)8-19)18(22)16-9-20-17(25-16)12-4-5-14-15(7-12)24-10-23-14/h4-5,7,9,11,13H,2-3,6,8,10,19H2,1H3/t11-,13-/m1/s1. The van der Waals surface area contributed by atoms with Crippen LogP contribution in [0.2, 0.25) is 0 Å². The van der Waals surface area contributed by atoms with E-state index in [1.54, 1.807) is 6.20 Å². The van der Waals surface area contributed by atoms with Gasteiger partial charge in [-0.25, -0.2) is 4.98 Å². The second-order valence-electron chi connectivity index (χ2n) is 6.52. The molecule has 0 aliphatic carbocycles. The first kappa shape index (κ1) is 16.4. The second kappa shape index (κ2) is 6.65. The van der Waals surface area contributed by atoms with Crippen LogP contribution in [0.3, 0.4) is 0 Å². The average molecular weight is 359 g/mol. The van der Waals surface area contributed by atoms with Crippen molar-refractivity contribution >= 4 is 17.2 Å². The van der Waals surface area contributed by atoms with Gasteiger partial charge in [0.05, 0.1) is 6.20 Å². The number of nitrogens with two attached hydrogens (primary N) is 1. The number of thiazole rings is 1. The number of nitrogens with zero attached hydrogens (tertiary/aromatic N) is 2. The molecule has 0 radical (unpaired) electrons. The highest BCUT2D eigenvalue weighted by molar-refractivity contribution is 7.16. The van der Waals surface area contributed by atoms with Crippen molar-refractivity contribution in [3.05, 3.63) is 29.3 Å². The summed E-state index contributed by atoms with van der Waals surface area (Å²) in [6.07, 6.45) is 3.81. The van der Waals surface area contributed by atoms with Crippen molar-refractivity contribution in [2.24, 2.45) is 11.7 Å². The number of aromatic nitrogens is 1. The summed E-state index contributed by atoms with van der Waals surface area (Å²) in [7, 11) is 0. The monoisotopic (exact) mass is 359 g/mol. The molecule has 2 aliphatic heterocycles. The van der Waals surface area contributed by atoms with Gasteiger partial charge in [-0.2, -0.15) is 0 Å². The van der Waals surface area contributed by atoms with Gasteiger partial charge in [0.2, 0.25) is 6.79 Å². The summed E-state index contributed by atoms with van der Waals surface area (Å²) >= 11 is 1.41. The number of likely N-dealkylation sites (tertiary alicyclic amines) is 1. The van der Waals surface area contributed by atoms with Crippen LogP contribution in [0.1, 0.15) is 29.4 Å². The number of rotatable bonds is 3. The summed E-state index contributed by atoms with van der Waals surface area (Å²) in [6.45, 7) is 3.68. The number of fused-ring (bicyclic) bond motifs is 1. The lowest BCUT2D eigenvalue weighted by atomic mass is 9.90. The Balaban J connectivity index is 1.57. The van der Waals surface area contributed by atoms with Gasteiger partial charge in [0.25, 0.3) is 5.91 Å². The molecule has 0 unspecified atom stereocenters. The van der Waals surface area contributed by atoms with Crippen molar-refractivity contribution in [2.45, 2.75) is 25.8 Å². The van der Waals surface area contributed by atoms with Crippen LogP contribution < -0.4 is 15.2 Å². The number of carbonyl (C=O) groups excluding carboxylic acids is 1. The van der Waals surface area contributed by atoms with Crippen LogP contribution in [0.5, 0.6) is 11.5 Å². The molecule has 132 valence electrons. The lowest BCUT2D eigenvalue weighted by molar-refractivity contribution is 0.0537. The highest BCUT2D eigenvalue weighted by Gasteiger charge is 2.32. The van der Waals surface area contributed by atoms with E-state index in [0.29, 0.717) is 23.1 Å². The highest BCUT2D eigenvalue weighted by Crippen LogP contribution is 2.37. The van der Waals surface area contributed by atoms with Gasteiger partial charge >= 0.3 is 0 Å². The van der Waals surface area contributed by atoms with Crippen molar-refractivity contribution in [1.82, 2.24) is 9.88 Å². The van der Waals surface area contributed by atoms with Crippen molar-refractivity contribution in [3.8, 4) is 22.1 Å². The van der Waals surface area contributed by atoms with Crippen molar-refractivity contribution in [1.29, 1.82) is 0 Å². The van der Waals surface area contributed by atoms with Crippen LogP contribution in [0.15, 0.2) is 24.4 Å². The average Bonchev–Trinajstić information content (AvgIpc) is 3.29. The number of ether oxygens (including phenoxy) is 2. The van der Waals surface area contributed by atoms with Crippen molar-refractivity contribution in [3.63, 3.8) is 0 Å². The van der Waals surface area contributed by atoms with Gasteiger partial charge in [0.15, 0.2) is 11.5 Å². The van der Waals surface area contributed by atoms with Crippen molar-refractivity contribution in [2.75, 3.05) is 19.9 Å². The SMILES string of the molecule is C[C@@H]1CCCN(C(=O)c2cnc(-c3ccc4c(c3)OCO4)s2)[C@@H]1CN. The van der Waals surface area contributed by atoms with E-state index < -0.39 is 0 Å². The Morgan fingerprint density at radius 1 is 1.40 bits per heavy atom. The van der Waals surface area contributed by atoms with E-state index in [9.17, 15) is 4.79 Å². The van der Waals surface area contributed by atoms with E-state index in [1.807, 2.05) is 23.1 Å².